The SMILES string of the molecule is CCCCCCCNc1cn(C(C)OC(COC)C(C)OC)c(=O)[nH]c1=O. The molecule has 0 radical (unpaired) electrons. The van der Waals surface area contributed by atoms with E-state index in [-0.39, 0.29) is 12.2 Å². The van der Waals surface area contributed by atoms with Gasteiger partial charge in [0.1, 0.15) is 18.0 Å². The minimum absolute atomic E-state index is 0.202. The standard InChI is InChI=1S/C19H35N3O5/c1-6-7-8-9-10-11-20-16-12-22(19(24)21-18(16)23)15(3)27-17(13-25-4)14(2)26-5/h12,14-15,17,20H,6-11,13H2,1-5H3,(H,21,23,24). The predicted octanol–water partition coefficient (Wildman–Crippen LogP) is 2.50. The van der Waals surface area contributed by atoms with Crippen LogP contribution in [0.3, 0.4) is 0 Å². The van der Waals surface area contributed by atoms with Crippen molar-refractivity contribution in [3.05, 3.63) is 27.0 Å². The van der Waals surface area contributed by atoms with E-state index in [0.717, 1.165) is 12.8 Å². The predicted molar refractivity (Wildman–Crippen MR) is 107 cm³/mol. The molecule has 8 nitrogen and oxygen atoms in total. The van der Waals surface area contributed by atoms with Crippen molar-refractivity contribution >= 4 is 5.69 Å². The fourth-order valence-corrected chi connectivity index (χ4v) is 2.75. The van der Waals surface area contributed by atoms with Gasteiger partial charge in [0.25, 0.3) is 5.56 Å². The van der Waals surface area contributed by atoms with Crippen molar-refractivity contribution in [1.29, 1.82) is 0 Å². The summed E-state index contributed by atoms with van der Waals surface area (Å²) in [6, 6.07) is 0. The number of anilines is 1. The van der Waals surface area contributed by atoms with Gasteiger partial charge >= 0.3 is 5.69 Å². The zero-order valence-corrected chi connectivity index (χ0v) is 17.2. The Morgan fingerprint density at radius 3 is 2.48 bits per heavy atom. The first-order chi connectivity index (χ1) is 12.9. The normalized spacial score (nSPS) is 14.7. The molecule has 156 valence electrons. The topological polar surface area (TPSA) is 94.6 Å². The number of aromatic amines is 1. The van der Waals surface area contributed by atoms with Crippen LogP contribution < -0.4 is 16.6 Å². The second-order valence-corrected chi connectivity index (χ2v) is 6.72. The highest BCUT2D eigenvalue weighted by molar-refractivity contribution is 5.37. The van der Waals surface area contributed by atoms with E-state index in [1.807, 2.05) is 6.92 Å². The van der Waals surface area contributed by atoms with E-state index < -0.39 is 17.5 Å². The van der Waals surface area contributed by atoms with Crippen molar-refractivity contribution in [2.24, 2.45) is 0 Å². The van der Waals surface area contributed by atoms with E-state index in [1.165, 1.54) is 30.0 Å². The Bertz CT molecular complexity index is 643. The Morgan fingerprint density at radius 1 is 1.15 bits per heavy atom. The Hall–Kier alpha value is -1.64. The third-order valence-electron chi connectivity index (χ3n) is 4.55. The van der Waals surface area contributed by atoms with Crippen LogP contribution in [-0.2, 0) is 14.2 Å². The van der Waals surface area contributed by atoms with Crippen LogP contribution in [0.1, 0.15) is 59.1 Å². The number of rotatable bonds is 14. The van der Waals surface area contributed by atoms with Gasteiger partial charge in [-0.3, -0.25) is 14.3 Å². The highest BCUT2D eigenvalue weighted by atomic mass is 16.6. The number of unbranched alkanes of at least 4 members (excludes halogenated alkanes) is 4. The molecule has 3 atom stereocenters. The minimum Gasteiger partial charge on any atom is -0.382 e. The number of nitrogens with zero attached hydrogens (tertiary/aromatic N) is 1. The highest BCUT2D eigenvalue weighted by Gasteiger charge is 2.22. The summed E-state index contributed by atoms with van der Waals surface area (Å²) in [6.07, 6.45) is 6.09. The zero-order chi connectivity index (χ0) is 20.2. The van der Waals surface area contributed by atoms with Gasteiger partial charge in [-0.1, -0.05) is 32.6 Å². The van der Waals surface area contributed by atoms with Gasteiger partial charge in [-0.2, -0.15) is 0 Å². The second-order valence-electron chi connectivity index (χ2n) is 6.72. The smallest absolute Gasteiger partial charge is 0.330 e. The number of ether oxygens (including phenoxy) is 3. The maximum absolute atomic E-state index is 12.2. The lowest BCUT2D eigenvalue weighted by Gasteiger charge is -2.27. The molecule has 0 aromatic carbocycles. The van der Waals surface area contributed by atoms with E-state index in [9.17, 15) is 9.59 Å². The molecule has 3 unspecified atom stereocenters. The molecule has 1 aromatic heterocycles. The molecular weight excluding hydrogens is 350 g/mol. The summed E-state index contributed by atoms with van der Waals surface area (Å²) >= 11 is 0. The van der Waals surface area contributed by atoms with Crippen LogP contribution in [0.4, 0.5) is 5.69 Å². The number of nitrogens with one attached hydrogen (secondary N) is 2. The van der Waals surface area contributed by atoms with Gasteiger partial charge in [-0.25, -0.2) is 4.79 Å². The molecule has 0 saturated heterocycles. The molecule has 0 amide bonds. The molecule has 1 heterocycles. The number of hydrogen-bond acceptors (Lipinski definition) is 6. The van der Waals surface area contributed by atoms with Gasteiger partial charge < -0.3 is 19.5 Å². The largest absolute Gasteiger partial charge is 0.382 e. The number of aromatic nitrogens is 2. The monoisotopic (exact) mass is 385 g/mol. The molecule has 0 spiro atoms. The zero-order valence-electron chi connectivity index (χ0n) is 17.2. The Morgan fingerprint density at radius 2 is 1.85 bits per heavy atom. The van der Waals surface area contributed by atoms with E-state index in [4.69, 9.17) is 14.2 Å². The first-order valence-corrected chi connectivity index (χ1v) is 9.71. The van der Waals surface area contributed by atoms with Crippen molar-refractivity contribution in [2.45, 2.75) is 71.3 Å². The van der Waals surface area contributed by atoms with Crippen LogP contribution in [0.25, 0.3) is 0 Å². The third-order valence-corrected chi connectivity index (χ3v) is 4.55. The Labute approximate surface area is 161 Å². The molecule has 0 saturated carbocycles. The van der Waals surface area contributed by atoms with Gasteiger partial charge in [-0.05, 0) is 20.3 Å². The summed E-state index contributed by atoms with van der Waals surface area (Å²) < 4.78 is 17.8. The molecule has 1 aromatic rings. The molecule has 0 aliphatic carbocycles. The summed E-state index contributed by atoms with van der Waals surface area (Å²) in [7, 11) is 3.17. The van der Waals surface area contributed by atoms with Gasteiger partial charge in [0.15, 0.2) is 0 Å². The second kappa shape index (κ2) is 12.7. The van der Waals surface area contributed by atoms with Crippen molar-refractivity contribution in [2.75, 3.05) is 32.7 Å². The minimum atomic E-state index is -0.586. The van der Waals surface area contributed by atoms with Gasteiger partial charge in [0, 0.05) is 27.0 Å². The lowest BCUT2D eigenvalue weighted by molar-refractivity contribution is -0.127. The van der Waals surface area contributed by atoms with E-state index in [2.05, 4.69) is 17.2 Å². The van der Waals surface area contributed by atoms with E-state index >= 15 is 0 Å². The van der Waals surface area contributed by atoms with Crippen molar-refractivity contribution < 1.29 is 14.2 Å². The fourth-order valence-electron chi connectivity index (χ4n) is 2.75. The van der Waals surface area contributed by atoms with Crippen LogP contribution in [-0.4, -0.2) is 49.1 Å². The van der Waals surface area contributed by atoms with E-state index in [1.54, 1.807) is 21.1 Å². The van der Waals surface area contributed by atoms with E-state index in [0.29, 0.717) is 18.8 Å². The van der Waals surface area contributed by atoms with Crippen LogP contribution in [0.15, 0.2) is 15.8 Å². The molecule has 2 N–H and O–H groups in total. The Kier molecular flexibility index (Phi) is 11.0. The quantitative estimate of drug-likeness (QED) is 0.478. The molecule has 0 aliphatic heterocycles. The lowest BCUT2D eigenvalue weighted by Crippen LogP contribution is -2.38. The van der Waals surface area contributed by atoms with Crippen molar-refractivity contribution in [3.63, 3.8) is 0 Å². The molecular formula is C19H35N3O5. The Balaban J connectivity index is 2.79. The van der Waals surface area contributed by atoms with Crippen LogP contribution in [0.5, 0.6) is 0 Å². The van der Waals surface area contributed by atoms with Crippen LogP contribution >= 0.6 is 0 Å². The maximum Gasteiger partial charge on any atom is 0.330 e. The first kappa shape index (κ1) is 23.4. The average Bonchev–Trinajstić information content (AvgIpc) is 2.64. The molecule has 27 heavy (non-hydrogen) atoms. The molecule has 8 heteroatoms. The van der Waals surface area contributed by atoms with Crippen LogP contribution in [0, 0.1) is 0 Å². The summed E-state index contributed by atoms with van der Waals surface area (Å²) in [5.74, 6) is 0. The van der Waals surface area contributed by atoms with Crippen molar-refractivity contribution in [1.82, 2.24) is 9.55 Å². The third kappa shape index (κ3) is 7.86. The van der Waals surface area contributed by atoms with Gasteiger partial charge in [-0.15, -0.1) is 0 Å². The maximum atomic E-state index is 12.2. The highest BCUT2D eigenvalue weighted by Crippen LogP contribution is 2.14. The van der Waals surface area contributed by atoms with Crippen molar-refractivity contribution in [3.8, 4) is 0 Å². The molecule has 0 aliphatic rings. The lowest BCUT2D eigenvalue weighted by atomic mass is 10.1. The summed E-state index contributed by atoms with van der Waals surface area (Å²) in [5.41, 5.74) is -0.568. The molecule has 0 fully saturated rings. The van der Waals surface area contributed by atoms with Gasteiger partial charge in [0.05, 0.1) is 12.7 Å². The molecule has 1 rings (SSSR count). The summed E-state index contributed by atoms with van der Waals surface area (Å²) in [5, 5.41) is 3.12. The summed E-state index contributed by atoms with van der Waals surface area (Å²) in [6.45, 7) is 6.82. The summed E-state index contributed by atoms with van der Waals surface area (Å²) in [4.78, 5) is 26.6. The number of methoxy groups -OCH3 is 2. The van der Waals surface area contributed by atoms with Gasteiger partial charge in [0.2, 0.25) is 0 Å². The number of hydrogen-bond donors (Lipinski definition) is 2. The molecule has 0 bridgehead atoms. The number of H-pyrrole nitrogens is 1. The first-order valence-electron chi connectivity index (χ1n) is 9.71. The fraction of sp³-hybridized carbons (Fsp3) is 0.789. The average molecular weight is 386 g/mol. The van der Waals surface area contributed by atoms with Crippen LogP contribution in [0.2, 0.25) is 0 Å².